The van der Waals surface area contributed by atoms with Crippen molar-refractivity contribution in [2.75, 3.05) is 19.6 Å². The lowest BCUT2D eigenvalue weighted by atomic mass is 10.1. The molecule has 0 radical (unpaired) electrons. The molecule has 0 bridgehead atoms. The van der Waals surface area contributed by atoms with Gasteiger partial charge in [0.05, 0.1) is 3.79 Å². The van der Waals surface area contributed by atoms with E-state index in [-0.39, 0.29) is 0 Å². The van der Waals surface area contributed by atoms with Gasteiger partial charge in [0.2, 0.25) is 0 Å². The van der Waals surface area contributed by atoms with Crippen LogP contribution in [0, 0.1) is 5.92 Å². The van der Waals surface area contributed by atoms with Gasteiger partial charge in [0, 0.05) is 22.4 Å². The summed E-state index contributed by atoms with van der Waals surface area (Å²) in [6.45, 7) is 4.23. The predicted octanol–water partition coefficient (Wildman–Crippen LogP) is 3.05. The third kappa shape index (κ3) is 3.03. The Morgan fingerprint density at radius 3 is 2.87 bits per heavy atom. The Morgan fingerprint density at radius 1 is 1.53 bits per heavy atom. The molecule has 0 aromatic carbocycles. The Hall–Kier alpha value is 0.580. The molecule has 2 nitrogen and oxygen atoms in total. The molecule has 15 heavy (non-hydrogen) atoms. The van der Waals surface area contributed by atoms with Crippen LogP contribution in [-0.2, 0) is 6.54 Å². The first-order chi connectivity index (χ1) is 7.19. The minimum Gasteiger partial charge on any atom is -0.330 e. The fraction of sp³-hybridized carbons (Fsp3) is 0.600. The second-order valence-corrected chi connectivity index (χ2v) is 7.27. The molecule has 0 aliphatic carbocycles. The molecule has 84 valence electrons. The second kappa shape index (κ2) is 5.27. The van der Waals surface area contributed by atoms with Crippen LogP contribution >= 0.6 is 43.2 Å². The first kappa shape index (κ1) is 12.0. The van der Waals surface area contributed by atoms with E-state index in [0.717, 1.165) is 24.1 Å². The van der Waals surface area contributed by atoms with Crippen LogP contribution in [0.3, 0.4) is 0 Å². The number of likely N-dealkylation sites (tertiary alicyclic amines) is 1. The van der Waals surface area contributed by atoms with Crippen molar-refractivity contribution in [3.8, 4) is 0 Å². The molecule has 0 amide bonds. The molecule has 1 aliphatic heterocycles. The maximum Gasteiger partial charge on any atom is 0.0843 e. The molecule has 2 N–H and O–H groups in total. The summed E-state index contributed by atoms with van der Waals surface area (Å²) in [6, 6.07) is 2.20. The molecule has 1 atom stereocenters. The molecule has 0 spiro atoms. The smallest absolute Gasteiger partial charge is 0.0843 e. The molecule has 1 saturated heterocycles. The molecule has 1 fully saturated rings. The van der Waals surface area contributed by atoms with Crippen molar-refractivity contribution >= 4 is 43.2 Å². The van der Waals surface area contributed by atoms with E-state index < -0.39 is 0 Å². The highest BCUT2D eigenvalue weighted by Gasteiger charge is 2.21. The Labute approximate surface area is 111 Å². The van der Waals surface area contributed by atoms with Crippen molar-refractivity contribution in [1.82, 2.24) is 4.90 Å². The van der Waals surface area contributed by atoms with Crippen LogP contribution in [0.5, 0.6) is 0 Å². The van der Waals surface area contributed by atoms with Crippen LogP contribution in [0.2, 0.25) is 0 Å². The minimum absolute atomic E-state index is 0.705. The summed E-state index contributed by atoms with van der Waals surface area (Å²) in [5.41, 5.74) is 5.68. The van der Waals surface area contributed by atoms with E-state index in [9.17, 15) is 0 Å². The summed E-state index contributed by atoms with van der Waals surface area (Å²) in [7, 11) is 0. The van der Waals surface area contributed by atoms with Gasteiger partial charge < -0.3 is 5.73 Å². The van der Waals surface area contributed by atoms with Gasteiger partial charge >= 0.3 is 0 Å². The molecular formula is C10H14Br2N2S. The van der Waals surface area contributed by atoms with E-state index in [2.05, 4.69) is 42.8 Å². The van der Waals surface area contributed by atoms with Gasteiger partial charge in [0.15, 0.2) is 0 Å². The van der Waals surface area contributed by atoms with Crippen LogP contribution in [0.1, 0.15) is 11.3 Å². The number of rotatable bonds is 3. The van der Waals surface area contributed by atoms with Crippen molar-refractivity contribution in [3.05, 3.63) is 19.2 Å². The standard InChI is InChI=1S/C10H14Br2N2S/c11-9-3-8(15-10(9)12)6-14-2-1-7(4-13)5-14/h3,7H,1-2,4-6,13H2. The molecule has 5 heteroatoms. The lowest BCUT2D eigenvalue weighted by Crippen LogP contribution is -2.22. The minimum atomic E-state index is 0.705. The van der Waals surface area contributed by atoms with Crippen molar-refractivity contribution in [3.63, 3.8) is 0 Å². The van der Waals surface area contributed by atoms with Crippen LogP contribution in [0.15, 0.2) is 14.3 Å². The van der Waals surface area contributed by atoms with Gasteiger partial charge in [0.1, 0.15) is 0 Å². The van der Waals surface area contributed by atoms with Crippen LogP contribution in [0.25, 0.3) is 0 Å². The summed E-state index contributed by atoms with van der Waals surface area (Å²) < 4.78 is 2.35. The van der Waals surface area contributed by atoms with Gasteiger partial charge in [-0.25, -0.2) is 0 Å². The van der Waals surface area contributed by atoms with Crippen molar-refractivity contribution < 1.29 is 0 Å². The number of halogens is 2. The quantitative estimate of drug-likeness (QED) is 0.904. The average molecular weight is 354 g/mol. The van der Waals surface area contributed by atoms with Gasteiger partial charge in [-0.05, 0) is 63.4 Å². The van der Waals surface area contributed by atoms with E-state index in [4.69, 9.17) is 5.73 Å². The van der Waals surface area contributed by atoms with Gasteiger partial charge in [-0.2, -0.15) is 0 Å². The molecule has 1 aromatic rings. The Morgan fingerprint density at radius 2 is 2.33 bits per heavy atom. The summed E-state index contributed by atoms with van der Waals surface area (Å²) in [5.74, 6) is 0.705. The highest BCUT2D eigenvalue weighted by Crippen LogP contribution is 2.33. The van der Waals surface area contributed by atoms with E-state index >= 15 is 0 Å². The zero-order valence-electron chi connectivity index (χ0n) is 8.38. The SMILES string of the molecule is NCC1CCN(Cc2cc(Br)c(Br)s2)C1. The van der Waals surface area contributed by atoms with E-state index in [1.165, 1.54) is 21.6 Å². The Bertz CT molecular complexity index is 321. The zero-order chi connectivity index (χ0) is 10.8. The maximum absolute atomic E-state index is 5.68. The van der Waals surface area contributed by atoms with Crippen LogP contribution < -0.4 is 5.73 Å². The van der Waals surface area contributed by atoms with E-state index in [1.54, 1.807) is 11.3 Å². The molecule has 1 aromatic heterocycles. The second-order valence-electron chi connectivity index (χ2n) is 3.96. The molecule has 1 unspecified atom stereocenters. The fourth-order valence-electron chi connectivity index (χ4n) is 1.94. The third-order valence-corrected chi connectivity index (χ3v) is 6.02. The largest absolute Gasteiger partial charge is 0.330 e. The average Bonchev–Trinajstić information content (AvgIpc) is 2.76. The van der Waals surface area contributed by atoms with Gasteiger partial charge in [0.25, 0.3) is 0 Å². The van der Waals surface area contributed by atoms with E-state index in [1.807, 2.05) is 0 Å². The lowest BCUT2D eigenvalue weighted by Gasteiger charge is -2.13. The summed E-state index contributed by atoms with van der Waals surface area (Å²) in [4.78, 5) is 3.90. The molecule has 2 rings (SSSR count). The third-order valence-electron chi connectivity index (χ3n) is 2.78. The van der Waals surface area contributed by atoms with Gasteiger partial charge in [-0.1, -0.05) is 0 Å². The predicted molar refractivity (Wildman–Crippen MR) is 72.2 cm³/mol. The zero-order valence-corrected chi connectivity index (χ0v) is 12.4. The first-order valence-corrected chi connectivity index (χ1v) is 7.45. The van der Waals surface area contributed by atoms with Crippen LogP contribution in [0.4, 0.5) is 0 Å². The highest BCUT2D eigenvalue weighted by atomic mass is 79.9. The Balaban J connectivity index is 1.92. The summed E-state index contributed by atoms with van der Waals surface area (Å²) in [6.07, 6.45) is 1.25. The first-order valence-electron chi connectivity index (χ1n) is 5.05. The normalized spacial score (nSPS) is 22.5. The maximum atomic E-state index is 5.68. The molecule has 0 saturated carbocycles. The Kier molecular flexibility index (Phi) is 4.24. The van der Waals surface area contributed by atoms with Crippen molar-refractivity contribution in [1.29, 1.82) is 0 Å². The summed E-state index contributed by atoms with van der Waals surface area (Å²) in [5, 5.41) is 0. The molecule has 1 aliphatic rings. The highest BCUT2D eigenvalue weighted by molar-refractivity contribution is 9.13. The van der Waals surface area contributed by atoms with E-state index in [0.29, 0.717) is 5.92 Å². The van der Waals surface area contributed by atoms with Crippen LogP contribution in [-0.4, -0.2) is 24.5 Å². The number of hydrogen-bond acceptors (Lipinski definition) is 3. The van der Waals surface area contributed by atoms with Crippen molar-refractivity contribution in [2.24, 2.45) is 11.7 Å². The number of nitrogens with zero attached hydrogens (tertiary/aromatic N) is 1. The van der Waals surface area contributed by atoms with Crippen molar-refractivity contribution in [2.45, 2.75) is 13.0 Å². The number of nitrogens with two attached hydrogens (primary N) is 1. The number of thiophene rings is 1. The molecule has 2 heterocycles. The lowest BCUT2D eigenvalue weighted by molar-refractivity contribution is 0.320. The van der Waals surface area contributed by atoms with Gasteiger partial charge in [-0.15, -0.1) is 11.3 Å². The summed E-state index contributed by atoms with van der Waals surface area (Å²) >= 11 is 8.85. The van der Waals surface area contributed by atoms with Gasteiger partial charge in [-0.3, -0.25) is 4.90 Å². The molecular weight excluding hydrogens is 340 g/mol. The number of hydrogen-bond donors (Lipinski definition) is 1. The fourth-order valence-corrected chi connectivity index (χ4v) is 4.16. The monoisotopic (exact) mass is 352 g/mol. The topological polar surface area (TPSA) is 29.3 Å².